The highest BCUT2D eigenvalue weighted by molar-refractivity contribution is 7.89. The van der Waals surface area contributed by atoms with Crippen molar-refractivity contribution in [2.75, 3.05) is 0 Å². The lowest BCUT2D eigenvalue weighted by molar-refractivity contribution is 0.0796. The summed E-state index contributed by atoms with van der Waals surface area (Å²) in [5, 5.41) is 0. The quantitative estimate of drug-likeness (QED) is 0.530. The minimum absolute atomic E-state index is 0.0208. The summed E-state index contributed by atoms with van der Waals surface area (Å²) in [5.74, 6) is 0.247. The topological polar surface area (TPSA) is 81.7 Å². The minimum Gasteiger partial charge on any atom is -0.394 e. The Bertz CT molecular complexity index is 670. The molecule has 0 aliphatic heterocycles. The molecule has 0 aromatic heterocycles. The van der Waals surface area contributed by atoms with Crippen molar-refractivity contribution in [3.8, 4) is 5.75 Å². The Morgan fingerprint density at radius 3 is 2.05 bits per heavy atom. The molecule has 20 heavy (non-hydrogen) atoms. The van der Waals surface area contributed by atoms with Gasteiger partial charge in [-0.05, 0) is 29.2 Å². The van der Waals surface area contributed by atoms with Crippen molar-refractivity contribution in [1.82, 2.24) is 4.89 Å². The van der Waals surface area contributed by atoms with Crippen LogP contribution in [0.5, 0.6) is 5.75 Å². The van der Waals surface area contributed by atoms with Crippen LogP contribution in [0.2, 0.25) is 0 Å². The predicted molar refractivity (Wildman–Crippen MR) is 70.3 cm³/mol. The zero-order valence-electron chi connectivity index (χ0n) is 10.2. The zero-order valence-corrected chi connectivity index (χ0v) is 11.0. The summed E-state index contributed by atoms with van der Waals surface area (Å²) in [4.78, 5) is 17.4. The molecule has 0 atom stereocenters. The van der Waals surface area contributed by atoms with Crippen molar-refractivity contribution in [2.24, 2.45) is 0 Å². The molecule has 2 aromatic carbocycles. The van der Waals surface area contributed by atoms with Crippen LogP contribution in [0.25, 0.3) is 0 Å². The molecule has 0 fully saturated rings. The number of hydrogen-bond acceptors (Lipinski definition) is 5. The summed E-state index contributed by atoms with van der Waals surface area (Å²) >= 11 is 0. The number of carbonyl (C=O) groups is 1. The Labute approximate surface area is 116 Å². The van der Waals surface area contributed by atoms with Gasteiger partial charge in [0.25, 0.3) is 10.0 Å². The van der Waals surface area contributed by atoms with Gasteiger partial charge >= 0.3 is 6.16 Å². The molecule has 0 aliphatic rings. The van der Waals surface area contributed by atoms with Crippen molar-refractivity contribution in [3.05, 3.63) is 60.7 Å². The zero-order chi connectivity index (χ0) is 14.4. The van der Waals surface area contributed by atoms with E-state index in [9.17, 15) is 13.2 Å². The maximum atomic E-state index is 11.7. The predicted octanol–water partition coefficient (Wildman–Crippen LogP) is 2.10. The molecule has 104 valence electrons. The second kappa shape index (κ2) is 6.18. The summed E-state index contributed by atoms with van der Waals surface area (Å²) in [5.41, 5.74) is 0. The van der Waals surface area contributed by atoms with E-state index in [0.29, 0.717) is 0 Å². The van der Waals surface area contributed by atoms with Crippen LogP contribution in [-0.4, -0.2) is 14.6 Å². The van der Waals surface area contributed by atoms with Crippen LogP contribution in [-0.2, 0) is 14.9 Å². The number of benzene rings is 2. The number of nitrogens with one attached hydrogen (secondary N) is 1. The van der Waals surface area contributed by atoms with Crippen LogP contribution in [0.1, 0.15) is 0 Å². The van der Waals surface area contributed by atoms with Gasteiger partial charge < -0.3 is 9.57 Å². The number of rotatable bonds is 4. The molecule has 0 bridgehead atoms. The molecule has 0 amide bonds. The van der Waals surface area contributed by atoms with E-state index in [1.165, 1.54) is 24.3 Å². The third kappa shape index (κ3) is 3.81. The fraction of sp³-hybridized carbons (Fsp3) is 0. The molecule has 0 spiro atoms. The third-order valence-corrected chi connectivity index (χ3v) is 3.43. The molecule has 0 radical (unpaired) electrons. The molecule has 0 aliphatic carbocycles. The van der Waals surface area contributed by atoms with Gasteiger partial charge in [-0.2, -0.15) is 0 Å². The first-order valence-electron chi connectivity index (χ1n) is 5.58. The highest BCUT2D eigenvalue weighted by Gasteiger charge is 2.17. The second-order valence-electron chi connectivity index (χ2n) is 3.67. The van der Waals surface area contributed by atoms with Gasteiger partial charge in [-0.3, -0.25) is 0 Å². The van der Waals surface area contributed by atoms with Crippen LogP contribution in [0.3, 0.4) is 0 Å². The van der Waals surface area contributed by atoms with E-state index >= 15 is 0 Å². The summed E-state index contributed by atoms with van der Waals surface area (Å²) in [7, 11) is -3.92. The molecule has 0 unspecified atom stereocenters. The number of para-hydroxylation sites is 1. The molecule has 1 N–H and O–H groups in total. The first-order valence-corrected chi connectivity index (χ1v) is 7.07. The molecule has 6 nitrogen and oxygen atoms in total. The number of sulfonamides is 1. The van der Waals surface area contributed by atoms with Gasteiger partial charge in [-0.25, -0.2) is 13.2 Å². The Hall–Kier alpha value is -2.38. The van der Waals surface area contributed by atoms with Crippen LogP contribution < -0.4 is 9.62 Å². The van der Waals surface area contributed by atoms with E-state index in [-0.39, 0.29) is 10.6 Å². The van der Waals surface area contributed by atoms with Crippen molar-refractivity contribution in [3.63, 3.8) is 0 Å². The Kier molecular flexibility index (Phi) is 4.34. The van der Waals surface area contributed by atoms with Gasteiger partial charge in [0, 0.05) is 0 Å². The Morgan fingerprint density at radius 2 is 1.45 bits per heavy atom. The Morgan fingerprint density at radius 1 is 0.900 bits per heavy atom. The molecule has 2 aromatic rings. The van der Waals surface area contributed by atoms with E-state index in [1.807, 2.05) is 0 Å². The van der Waals surface area contributed by atoms with Gasteiger partial charge in [0.15, 0.2) is 0 Å². The maximum absolute atomic E-state index is 11.7. The summed E-state index contributed by atoms with van der Waals surface area (Å²) in [6, 6.07) is 15.7. The summed E-state index contributed by atoms with van der Waals surface area (Å²) < 4.78 is 28.2. The smallest absolute Gasteiger partial charge is 0.394 e. The minimum atomic E-state index is -3.92. The van der Waals surface area contributed by atoms with Crippen LogP contribution in [0.15, 0.2) is 65.6 Å². The van der Waals surface area contributed by atoms with E-state index in [2.05, 4.69) is 4.84 Å². The van der Waals surface area contributed by atoms with Crippen molar-refractivity contribution in [2.45, 2.75) is 4.90 Å². The standard InChI is InChI=1S/C13H11NO5S/c15-13(18-11-7-3-1-4-8-11)19-14-20(16,17)12-9-5-2-6-10-12/h1-10,14H. The lowest BCUT2D eigenvalue weighted by Crippen LogP contribution is -2.28. The normalized spacial score (nSPS) is 10.8. The van der Waals surface area contributed by atoms with Crippen LogP contribution in [0.4, 0.5) is 4.79 Å². The molecule has 0 heterocycles. The lowest BCUT2D eigenvalue weighted by Gasteiger charge is -2.07. The van der Waals surface area contributed by atoms with Crippen LogP contribution in [0, 0.1) is 0 Å². The monoisotopic (exact) mass is 293 g/mol. The summed E-state index contributed by atoms with van der Waals surface area (Å²) in [6.45, 7) is 0. The number of hydrogen-bond donors (Lipinski definition) is 1. The lowest BCUT2D eigenvalue weighted by atomic mass is 10.3. The molecule has 2 rings (SSSR count). The average Bonchev–Trinajstić information content (AvgIpc) is 2.47. The highest BCUT2D eigenvalue weighted by atomic mass is 32.2. The molecular weight excluding hydrogens is 282 g/mol. The van der Waals surface area contributed by atoms with Crippen LogP contribution >= 0.6 is 0 Å². The number of ether oxygens (including phenoxy) is 1. The summed E-state index contributed by atoms with van der Waals surface area (Å²) in [6.07, 6.45) is -1.17. The van der Waals surface area contributed by atoms with Crippen molar-refractivity contribution >= 4 is 16.2 Å². The Balaban J connectivity index is 1.94. The molecule has 0 saturated carbocycles. The molecular formula is C13H11NO5S. The molecule has 7 heteroatoms. The van der Waals surface area contributed by atoms with Gasteiger partial charge in [0.1, 0.15) is 5.75 Å². The van der Waals surface area contributed by atoms with E-state index in [0.717, 1.165) is 0 Å². The van der Waals surface area contributed by atoms with Gasteiger partial charge in [0.05, 0.1) is 4.90 Å². The van der Waals surface area contributed by atoms with E-state index < -0.39 is 16.2 Å². The first kappa shape index (κ1) is 14.0. The van der Waals surface area contributed by atoms with Gasteiger partial charge in [0.2, 0.25) is 0 Å². The second-order valence-corrected chi connectivity index (χ2v) is 5.31. The fourth-order valence-electron chi connectivity index (χ4n) is 1.34. The molecule has 0 saturated heterocycles. The third-order valence-electron chi connectivity index (χ3n) is 2.23. The van der Waals surface area contributed by atoms with Gasteiger partial charge in [-0.15, -0.1) is 0 Å². The largest absolute Gasteiger partial charge is 0.534 e. The average molecular weight is 293 g/mol. The number of carbonyl (C=O) groups excluding carboxylic acids is 1. The van der Waals surface area contributed by atoms with Crippen molar-refractivity contribution < 1.29 is 22.8 Å². The first-order chi connectivity index (χ1) is 9.58. The van der Waals surface area contributed by atoms with E-state index in [1.54, 1.807) is 41.3 Å². The van der Waals surface area contributed by atoms with E-state index in [4.69, 9.17) is 4.74 Å². The van der Waals surface area contributed by atoms with Crippen molar-refractivity contribution in [1.29, 1.82) is 0 Å². The van der Waals surface area contributed by atoms with Gasteiger partial charge in [-0.1, -0.05) is 36.4 Å². The maximum Gasteiger partial charge on any atom is 0.534 e. The fourth-order valence-corrected chi connectivity index (χ4v) is 2.13. The highest BCUT2D eigenvalue weighted by Crippen LogP contribution is 2.10. The SMILES string of the molecule is O=C(ONS(=O)(=O)c1ccccc1)Oc1ccccc1.